The zero-order valence-electron chi connectivity index (χ0n) is 21.0. The molecule has 0 N–H and O–H groups in total. The molecular formula is C27H28Cl2F3N3O2. The van der Waals surface area contributed by atoms with Crippen molar-refractivity contribution in [1.82, 2.24) is 14.4 Å². The second kappa shape index (κ2) is 10.3. The average Bonchev–Trinajstić information content (AvgIpc) is 3.16. The van der Waals surface area contributed by atoms with Gasteiger partial charge in [-0.25, -0.2) is 0 Å². The molecule has 1 fully saturated rings. The van der Waals surface area contributed by atoms with Crippen LogP contribution in [-0.4, -0.2) is 58.3 Å². The summed E-state index contributed by atoms with van der Waals surface area (Å²) < 4.78 is 41.8. The van der Waals surface area contributed by atoms with Gasteiger partial charge in [-0.05, 0) is 62.2 Å². The molecule has 198 valence electrons. The van der Waals surface area contributed by atoms with E-state index in [4.69, 9.17) is 23.2 Å². The van der Waals surface area contributed by atoms with Crippen LogP contribution in [0.3, 0.4) is 0 Å². The fourth-order valence-electron chi connectivity index (χ4n) is 4.84. The van der Waals surface area contributed by atoms with Gasteiger partial charge >= 0.3 is 6.18 Å². The van der Waals surface area contributed by atoms with Crippen LogP contribution in [0, 0.1) is 6.92 Å². The van der Waals surface area contributed by atoms with Crippen molar-refractivity contribution < 1.29 is 22.8 Å². The summed E-state index contributed by atoms with van der Waals surface area (Å²) in [6, 6.07) is 7.15. The van der Waals surface area contributed by atoms with Crippen LogP contribution < -0.4 is 0 Å². The standard InChI is InChI=1S/C27H28Cl2F3N3O2/c1-15-11-18(27(30,31)32)12-24-21(15)13-19(33(24)4)14-22-23(28)6-5-20(25(22)29)26(37)35-9-7-34(8-10-35)16(2)17(3)36/h5-6,11-13,16H,7-10,14H2,1-4H3. The van der Waals surface area contributed by atoms with Crippen LogP contribution in [0.1, 0.15) is 46.6 Å². The number of aromatic nitrogens is 1. The number of ketones is 1. The van der Waals surface area contributed by atoms with Gasteiger partial charge in [0, 0.05) is 61.3 Å². The van der Waals surface area contributed by atoms with Gasteiger partial charge in [0.05, 0.1) is 22.2 Å². The number of carbonyl (C=O) groups is 2. The van der Waals surface area contributed by atoms with Crippen molar-refractivity contribution in [3.8, 4) is 0 Å². The molecule has 10 heteroatoms. The molecule has 37 heavy (non-hydrogen) atoms. The molecule has 1 amide bonds. The molecule has 0 radical (unpaired) electrons. The van der Waals surface area contributed by atoms with E-state index in [1.54, 1.807) is 42.5 Å². The van der Waals surface area contributed by atoms with E-state index < -0.39 is 11.7 Å². The first-order chi connectivity index (χ1) is 17.3. The first kappa shape index (κ1) is 27.5. The predicted octanol–water partition coefficient (Wildman–Crippen LogP) is 6.14. The lowest BCUT2D eigenvalue weighted by Crippen LogP contribution is -2.52. The minimum Gasteiger partial charge on any atom is -0.347 e. The van der Waals surface area contributed by atoms with E-state index in [0.29, 0.717) is 58.8 Å². The van der Waals surface area contributed by atoms with Crippen LogP contribution in [0.15, 0.2) is 30.3 Å². The van der Waals surface area contributed by atoms with Gasteiger partial charge in [-0.1, -0.05) is 23.2 Å². The van der Waals surface area contributed by atoms with E-state index in [0.717, 1.165) is 17.8 Å². The van der Waals surface area contributed by atoms with Crippen LogP contribution >= 0.6 is 23.2 Å². The molecule has 1 saturated heterocycles. The number of benzene rings is 2. The summed E-state index contributed by atoms with van der Waals surface area (Å²) in [7, 11) is 1.70. The molecule has 1 aliphatic heterocycles. The molecule has 0 aliphatic carbocycles. The zero-order chi connectivity index (χ0) is 27.2. The Labute approximate surface area is 223 Å². The van der Waals surface area contributed by atoms with Crippen molar-refractivity contribution in [3.05, 3.63) is 68.3 Å². The predicted molar refractivity (Wildman–Crippen MR) is 140 cm³/mol. The number of hydrogen-bond acceptors (Lipinski definition) is 3. The number of halogens is 5. The summed E-state index contributed by atoms with van der Waals surface area (Å²) in [6.07, 6.45) is -4.20. The van der Waals surface area contributed by atoms with Gasteiger partial charge < -0.3 is 9.47 Å². The highest BCUT2D eigenvalue weighted by Gasteiger charge is 2.32. The van der Waals surface area contributed by atoms with Gasteiger partial charge in [0.2, 0.25) is 0 Å². The number of nitrogens with zero attached hydrogens (tertiary/aromatic N) is 3. The van der Waals surface area contributed by atoms with Gasteiger partial charge in [0.15, 0.2) is 0 Å². The molecular weight excluding hydrogens is 526 g/mol. The number of carbonyl (C=O) groups excluding carboxylic acids is 2. The highest BCUT2D eigenvalue weighted by atomic mass is 35.5. The van der Waals surface area contributed by atoms with Crippen molar-refractivity contribution in [2.24, 2.45) is 7.05 Å². The molecule has 1 unspecified atom stereocenters. The SMILES string of the molecule is CC(=O)C(C)N1CCN(C(=O)c2ccc(Cl)c(Cc3cc4c(C)cc(C(F)(F)F)cc4n3C)c2Cl)CC1. The van der Waals surface area contributed by atoms with Gasteiger partial charge in [-0.15, -0.1) is 0 Å². The summed E-state index contributed by atoms with van der Waals surface area (Å²) >= 11 is 13.2. The number of alkyl halides is 3. The van der Waals surface area contributed by atoms with Crippen LogP contribution in [-0.2, 0) is 24.4 Å². The van der Waals surface area contributed by atoms with Crippen LogP contribution in [0.25, 0.3) is 10.9 Å². The lowest BCUT2D eigenvalue weighted by Gasteiger charge is -2.37. The maximum absolute atomic E-state index is 13.4. The van der Waals surface area contributed by atoms with Crippen molar-refractivity contribution in [3.63, 3.8) is 0 Å². The van der Waals surface area contributed by atoms with Crippen LogP contribution in [0.2, 0.25) is 10.0 Å². The molecule has 0 bridgehead atoms. The fraction of sp³-hybridized carbons (Fsp3) is 0.407. The minimum atomic E-state index is -4.44. The van der Waals surface area contributed by atoms with Crippen LogP contribution in [0.4, 0.5) is 13.2 Å². The minimum absolute atomic E-state index is 0.0864. The molecule has 1 aliphatic rings. The number of rotatable bonds is 5. The number of hydrogen-bond donors (Lipinski definition) is 0. The maximum atomic E-state index is 13.4. The lowest BCUT2D eigenvalue weighted by atomic mass is 10.0. The van der Waals surface area contributed by atoms with E-state index >= 15 is 0 Å². The zero-order valence-corrected chi connectivity index (χ0v) is 22.6. The van der Waals surface area contributed by atoms with Crippen molar-refractivity contribution in [2.45, 2.75) is 39.4 Å². The molecule has 1 aromatic heterocycles. The fourth-order valence-corrected chi connectivity index (χ4v) is 5.43. The van der Waals surface area contributed by atoms with Crippen molar-refractivity contribution in [1.29, 1.82) is 0 Å². The lowest BCUT2D eigenvalue weighted by molar-refractivity contribution is -0.137. The molecule has 3 aromatic rings. The van der Waals surface area contributed by atoms with E-state index in [2.05, 4.69) is 0 Å². The Morgan fingerprint density at radius 2 is 1.70 bits per heavy atom. The molecule has 0 saturated carbocycles. The maximum Gasteiger partial charge on any atom is 0.416 e. The Morgan fingerprint density at radius 1 is 1.05 bits per heavy atom. The number of aryl methyl sites for hydroxylation is 2. The van der Waals surface area contributed by atoms with Crippen LogP contribution in [0.5, 0.6) is 0 Å². The Hall–Kier alpha value is -2.55. The first-order valence-electron chi connectivity index (χ1n) is 12.0. The van der Waals surface area contributed by atoms with E-state index in [9.17, 15) is 22.8 Å². The molecule has 4 rings (SSSR count). The third-order valence-electron chi connectivity index (χ3n) is 7.31. The molecule has 5 nitrogen and oxygen atoms in total. The third-order valence-corrected chi connectivity index (χ3v) is 8.09. The number of piperazine rings is 1. The average molecular weight is 554 g/mol. The Kier molecular flexibility index (Phi) is 7.66. The summed E-state index contributed by atoms with van der Waals surface area (Å²) in [5.74, 6) is -0.135. The molecule has 2 heterocycles. The quantitative estimate of drug-likeness (QED) is 0.381. The highest BCUT2D eigenvalue weighted by molar-refractivity contribution is 6.38. The summed E-state index contributed by atoms with van der Waals surface area (Å²) in [5.41, 5.74) is 1.86. The molecule has 1 atom stereocenters. The largest absolute Gasteiger partial charge is 0.416 e. The number of fused-ring (bicyclic) bond motifs is 1. The summed E-state index contributed by atoms with van der Waals surface area (Å²) in [6.45, 7) is 7.17. The van der Waals surface area contributed by atoms with Crippen molar-refractivity contribution in [2.75, 3.05) is 26.2 Å². The van der Waals surface area contributed by atoms with E-state index in [1.165, 1.54) is 0 Å². The Balaban J connectivity index is 1.61. The van der Waals surface area contributed by atoms with Gasteiger partial charge in [-0.3, -0.25) is 14.5 Å². The first-order valence-corrected chi connectivity index (χ1v) is 12.7. The van der Waals surface area contributed by atoms with E-state index in [-0.39, 0.29) is 29.2 Å². The summed E-state index contributed by atoms with van der Waals surface area (Å²) in [5, 5.41) is 1.32. The normalized spacial score (nSPS) is 15.9. The third kappa shape index (κ3) is 5.38. The highest BCUT2D eigenvalue weighted by Crippen LogP contribution is 2.36. The van der Waals surface area contributed by atoms with E-state index in [1.807, 2.05) is 17.9 Å². The monoisotopic (exact) mass is 553 g/mol. The van der Waals surface area contributed by atoms with Gasteiger partial charge in [0.25, 0.3) is 5.91 Å². The number of amides is 1. The Bertz CT molecular complexity index is 1380. The molecule has 0 spiro atoms. The second-order valence-corrected chi connectivity index (χ2v) is 10.4. The Morgan fingerprint density at radius 3 is 2.30 bits per heavy atom. The number of Topliss-reactive ketones (excluding diaryl/α,β-unsaturated/α-hetero) is 1. The molecule has 2 aromatic carbocycles. The smallest absolute Gasteiger partial charge is 0.347 e. The van der Waals surface area contributed by atoms with Crippen molar-refractivity contribution >= 4 is 45.8 Å². The topological polar surface area (TPSA) is 45.6 Å². The van der Waals surface area contributed by atoms with Gasteiger partial charge in [-0.2, -0.15) is 13.2 Å². The second-order valence-electron chi connectivity index (χ2n) is 9.60. The summed E-state index contributed by atoms with van der Waals surface area (Å²) in [4.78, 5) is 28.8. The van der Waals surface area contributed by atoms with Gasteiger partial charge in [0.1, 0.15) is 5.78 Å².